The van der Waals surface area contributed by atoms with Crippen LogP contribution in [0.15, 0.2) is 65.9 Å². The lowest BCUT2D eigenvalue weighted by Crippen LogP contribution is -2.54. The van der Waals surface area contributed by atoms with E-state index in [1.54, 1.807) is 13.8 Å². The molecule has 0 fully saturated rings. The standard InChI is InChI=1S/C23H24F6N2O4.C15H25N/c1-3-5-15-9-17(21(34,22(24,25)26)23(27,28)29)10-16(6-4-2)20(15)35-19-7-8-30-18(11-19)12-31(13-32)14-33;1-6-15(4,16-5)14-9-7-8-13(10-11-14)12(2)3/h7-11,13-14,34H,3-6,12H2,1-2H3;8-12,16H,6-7H2,1-5H3/t;15-/m.1/s1. The summed E-state index contributed by atoms with van der Waals surface area (Å²) < 4.78 is 87.0. The second-order valence-corrected chi connectivity index (χ2v) is 12.8. The summed E-state index contributed by atoms with van der Waals surface area (Å²) >= 11 is 0. The Morgan fingerprint density at radius 1 is 0.941 bits per heavy atom. The number of alkyl halides is 6. The topological polar surface area (TPSA) is 91.8 Å². The number of halogens is 6. The first-order chi connectivity index (χ1) is 23.8. The summed E-state index contributed by atoms with van der Waals surface area (Å²) in [6, 6.07) is 4.14. The minimum absolute atomic E-state index is 0.0566. The number of carbonyl (C=O) groups is 2. The molecule has 1 aromatic heterocycles. The van der Waals surface area contributed by atoms with Crippen molar-refractivity contribution in [3.8, 4) is 11.5 Å². The Kier molecular flexibility index (Phi) is 15.7. The molecule has 13 heteroatoms. The molecule has 0 saturated heterocycles. The number of ether oxygens (including phenoxy) is 1. The van der Waals surface area contributed by atoms with Gasteiger partial charge in [0.2, 0.25) is 12.8 Å². The third-order valence-corrected chi connectivity index (χ3v) is 8.85. The van der Waals surface area contributed by atoms with Crippen LogP contribution in [0.2, 0.25) is 0 Å². The van der Waals surface area contributed by atoms with Crippen molar-refractivity contribution >= 4 is 12.8 Å². The number of imide groups is 1. The number of benzene rings is 1. The maximum absolute atomic E-state index is 13.5. The molecule has 0 saturated carbocycles. The van der Waals surface area contributed by atoms with E-state index in [1.807, 2.05) is 7.05 Å². The van der Waals surface area contributed by atoms with Gasteiger partial charge in [-0.15, -0.1) is 0 Å². The highest BCUT2D eigenvalue weighted by Crippen LogP contribution is 2.51. The fraction of sp³-hybridized carbons (Fsp3) is 0.500. The van der Waals surface area contributed by atoms with Crippen molar-refractivity contribution in [2.24, 2.45) is 5.92 Å². The maximum Gasteiger partial charge on any atom is 0.430 e. The van der Waals surface area contributed by atoms with Crippen LogP contribution in [0.25, 0.3) is 0 Å². The largest absolute Gasteiger partial charge is 0.457 e. The van der Waals surface area contributed by atoms with Crippen LogP contribution >= 0.6 is 0 Å². The molecule has 0 spiro atoms. The van der Waals surface area contributed by atoms with E-state index in [2.05, 4.69) is 62.3 Å². The molecule has 2 N–H and O–H groups in total. The predicted octanol–water partition coefficient (Wildman–Crippen LogP) is 9.05. The number of likely N-dealkylation sites (N-methyl/N-ethyl adjacent to an activating group) is 1. The Hall–Kier alpha value is -3.97. The van der Waals surface area contributed by atoms with Gasteiger partial charge in [-0.2, -0.15) is 26.3 Å². The maximum atomic E-state index is 13.5. The number of aryl methyl sites for hydroxylation is 2. The van der Waals surface area contributed by atoms with Crippen LogP contribution in [0.4, 0.5) is 26.3 Å². The highest BCUT2D eigenvalue weighted by Gasteiger charge is 2.71. The summed E-state index contributed by atoms with van der Waals surface area (Å²) in [7, 11) is 2.04. The quantitative estimate of drug-likeness (QED) is 0.141. The first-order valence-electron chi connectivity index (χ1n) is 16.9. The molecule has 1 aliphatic carbocycles. The van der Waals surface area contributed by atoms with Gasteiger partial charge in [0.05, 0.1) is 12.2 Å². The lowest BCUT2D eigenvalue weighted by atomic mass is 9.87. The molecule has 2 amide bonds. The smallest absolute Gasteiger partial charge is 0.430 e. The summed E-state index contributed by atoms with van der Waals surface area (Å²) in [4.78, 5) is 26.5. The normalized spacial score (nSPS) is 14.8. The Bertz CT molecular complexity index is 1510. The van der Waals surface area contributed by atoms with Gasteiger partial charge < -0.3 is 15.2 Å². The number of allylic oxidation sites excluding steroid dienone is 4. The number of nitrogens with one attached hydrogen (secondary N) is 1. The van der Waals surface area contributed by atoms with E-state index >= 15 is 0 Å². The average molecular weight is 726 g/mol. The van der Waals surface area contributed by atoms with Gasteiger partial charge in [0, 0.05) is 23.4 Å². The second kappa shape index (κ2) is 18.5. The number of hydrogen-bond donors (Lipinski definition) is 2. The number of pyridine rings is 1. The first kappa shape index (κ1) is 43.2. The molecule has 1 aromatic carbocycles. The molecule has 7 nitrogen and oxygen atoms in total. The van der Waals surface area contributed by atoms with Crippen LogP contribution in [0, 0.1) is 5.92 Å². The number of carbonyl (C=O) groups excluding carboxylic acids is 2. The Morgan fingerprint density at radius 3 is 1.96 bits per heavy atom. The molecule has 1 atom stereocenters. The number of aromatic nitrogens is 1. The molecule has 2 aromatic rings. The highest BCUT2D eigenvalue weighted by molar-refractivity contribution is 5.68. The van der Waals surface area contributed by atoms with Crippen molar-refractivity contribution in [2.75, 3.05) is 7.05 Å². The van der Waals surface area contributed by atoms with Crippen molar-refractivity contribution in [3.63, 3.8) is 0 Å². The Morgan fingerprint density at radius 2 is 1.51 bits per heavy atom. The fourth-order valence-corrected chi connectivity index (χ4v) is 5.51. The average Bonchev–Trinajstić information content (AvgIpc) is 3.35. The third-order valence-electron chi connectivity index (χ3n) is 8.85. The number of amides is 2. The van der Waals surface area contributed by atoms with Gasteiger partial charge in [-0.1, -0.05) is 71.8 Å². The highest BCUT2D eigenvalue weighted by atomic mass is 19.4. The molecule has 0 bridgehead atoms. The van der Waals surface area contributed by atoms with Crippen molar-refractivity contribution in [1.29, 1.82) is 0 Å². The van der Waals surface area contributed by atoms with Crippen LogP contribution in [0.5, 0.6) is 11.5 Å². The van der Waals surface area contributed by atoms with Crippen LogP contribution in [0.3, 0.4) is 0 Å². The van der Waals surface area contributed by atoms with Crippen molar-refractivity contribution < 1.29 is 45.8 Å². The van der Waals surface area contributed by atoms with Gasteiger partial charge >= 0.3 is 12.4 Å². The summed E-state index contributed by atoms with van der Waals surface area (Å²) in [5.41, 5.74) is -3.06. The third kappa shape index (κ3) is 10.8. The SMILES string of the molecule is CCCc1cc(C(O)(C(F)(F)F)C(F)(F)F)cc(CCC)c1Oc1ccnc(CN(C=O)C=O)c1.CC[C@@](C)(NC)C1=CCC=C(C(C)C)C=C1. The van der Waals surface area contributed by atoms with Crippen molar-refractivity contribution in [2.45, 2.75) is 110 Å². The summed E-state index contributed by atoms with van der Waals surface area (Å²) in [5, 5.41) is 13.4. The molecule has 0 radical (unpaired) electrons. The van der Waals surface area contributed by atoms with Gasteiger partial charge in [-0.05, 0) is 86.0 Å². The van der Waals surface area contributed by atoms with Crippen LogP contribution in [-0.2, 0) is 34.6 Å². The van der Waals surface area contributed by atoms with Gasteiger partial charge in [0.25, 0.3) is 5.60 Å². The van der Waals surface area contributed by atoms with E-state index in [0.29, 0.717) is 43.7 Å². The van der Waals surface area contributed by atoms with E-state index in [4.69, 9.17) is 4.74 Å². The van der Waals surface area contributed by atoms with Gasteiger partial charge in [0.15, 0.2) is 0 Å². The zero-order valence-corrected chi connectivity index (χ0v) is 30.2. The predicted molar refractivity (Wildman–Crippen MR) is 185 cm³/mol. The summed E-state index contributed by atoms with van der Waals surface area (Å²) in [6.07, 6.45) is 2.16. The molecule has 1 aliphatic rings. The Balaban J connectivity index is 0.000000469. The zero-order chi connectivity index (χ0) is 38.6. The molecular formula is C38H49F6N3O4. The molecule has 51 heavy (non-hydrogen) atoms. The van der Waals surface area contributed by atoms with Gasteiger partial charge in [-0.3, -0.25) is 19.5 Å². The fourth-order valence-electron chi connectivity index (χ4n) is 5.51. The first-order valence-corrected chi connectivity index (χ1v) is 16.9. The monoisotopic (exact) mass is 725 g/mol. The van der Waals surface area contributed by atoms with Crippen LogP contribution < -0.4 is 10.1 Å². The summed E-state index contributed by atoms with van der Waals surface area (Å²) in [6.45, 7) is 12.2. The number of nitrogens with zero attached hydrogens (tertiary/aromatic N) is 2. The molecule has 1 heterocycles. The Labute approximate surface area is 296 Å². The second-order valence-electron chi connectivity index (χ2n) is 12.8. The van der Waals surface area contributed by atoms with E-state index in [9.17, 15) is 41.0 Å². The van der Waals surface area contributed by atoms with E-state index in [0.717, 1.165) is 17.7 Å². The number of hydrogen-bond acceptors (Lipinski definition) is 6. The van der Waals surface area contributed by atoms with Crippen molar-refractivity contribution in [3.05, 3.63) is 88.3 Å². The molecular weight excluding hydrogens is 676 g/mol. The minimum atomic E-state index is -6.01. The molecule has 282 valence electrons. The lowest BCUT2D eigenvalue weighted by molar-refractivity contribution is -0.376. The van der Waals surface area contributed by atoms with Crippen molar-refractivity contribution in [1.82, 2.24) is 15.2 Å². The lowest BCUT2D eigenvalue weighted by Gasteiger charge is -2.33. The number of aliphatic hydroxyl groups is 1. The summed E-state index contributed by atoms with van der Waals surface area (Å²) in [5.74, 6) is 0.839. The van der Waals surface area contributed by atoms with E-state index < -0.39 is 23.5 Å². The molecule has 0 unspecified atom stereocenters. The van der Waals surface area contributed by atoms with Gasteiger partial charge in [-0.25, -0.2) is 0 Å². The van der Waals surface area contributed by atoms with E-state index in [-0.39, 0.29) is 53.2 Å². The zero-order valence-electron chi connectivity index (χ0n) is 30.2. The van der Waals surface area contributed by atoms with Gasteiger partial charge in [0.1, 0.15) is 11.5 Å². The van der Waals surface area contributed by atoms with Crippen LogP contribution in [0.1, 0.15) is 89.6 Å². The van der Waals surface area contributed by atoms with Crippen LogP contribution in [-0.4, -0.2) is 52.7 Å². The molecule has 0 aliphatic heterocycles. The minimum Gasteiger partial charge on any atom is -0.457 e. The molecule has 3 rings (SSSR count). The van der Waals surface area contributed by atoms with E-state index in [1.165, 1.54) is 29.5 Å². The number of rotatable bonds is 15.